The quantitative estimate of drug-likeness (QED) is 0.691. The second kappa shape index (κ2) is 6.01. The first kappa shape index (κ1) is 14.9. The van der Waals surface area contributed by atoms with Crippen LogP contribution in [0.2, 0.25) is 0 Å². The molecule has 116 valence electrons. The van der Waals surface area contributed by atoms with Crippen molar-refractivity contribution in [2.24, 2.45) is 0 Å². The van der Waals surface area contributed by atoms with Crippen molar-refractivity contribution in [2.75, 3.05) is 6.61 Å². The van der Waals surface area contributed by atoms with Gasteiger partial charge in [-0.1, -0.05) is 6.07 Å². The van der Waals surface area contributed by atoms with E-state index >= 15 is 0 Å². The number of ether oxygens (including phenoxy) is 2. The Morgan fingerprint density at radius 2 is 2.09 bits per heavy atom. The van der Waals surface area contributed by atoms with Gasteiger partial charge in [-0.25, -0.2) is 4.79 Å². The van der Waals surface area contributed by atoms with E-state index in [9.17, 15) is 4.79 Å². The molecule has 2 heterocycles. The topological polar surface area (TPSA) is 63.7 Å². The first-order valence-electron chi connectivity index (χ1n) is 7.35. The van der Waals surface area contributed by atoms with Crippen LogP contribution in [-0.2, 0) is 4.74 Å². The molecule has 23 heavy (non-hydrogen) atoms. The zero-order chi connectivity index (χ0) is 16.4. The molecule has 2 aromatic heterocycles. The van der Waals surface area contributed by atoms with Gasteiger partial charge in [-0.3, -0.25) is 0 Å². The Bertz CT molecular complexity index is 919. The molecule has 0 N–H and O–H groups in total. The smallest absolute Gasteiger partial charge is 0.341 e. The van der Waals surface area contributed by atoms with Crippen LogP contribution in [0, 0.1) is 11.3 Å². The van der Waals surface area contributed by atoms with Crippen molar-refractivity contribution >= 4 is 22.4 Å². The van der Waals surface area contributed by atoms with Gasteiger partial charge in [0.25, 0.3) is 0 Å². The Hall–Kier alpha value is -3.00. The van der Waals surface area contributed by atoms with Crippen molar-refractivity contribution in [3.05, 3.63) is 48.2 Å². The van der Waals surface area contributed by atoms with Crippen LogP contribution >= 0.6 is 0 Å². The van der Waals surface area contributed by atoms with Gasteiger partial charge in [-0.15, -0.1) is 0 Å². The summed E-state index contributed by atoms with van der Waals surface area (Å²) in [7, 11) is 0. The molecule has 0 aliphatic heterocycles. The van der Waals surface area contributed by atoms with Crippen molar-refractivity contribution in [3.63, 3.8) is 0 Å². The molecule has 0 amide bonds. The summed E-state index contributed by atoms with van der Waals surface area (Å²) in [6, 6.07) is 13.0. The molecule has 3 aromatic rings. The van der Waals surface area contributed by atoms with E-state index in [1.807, 2.05) is 60.8 Å². The molecule has 3 rings (SSSR count). The van der Waals surface area contributed by atoms with E-state index in [2.05, 4.69) is 0 Å². The van der Waals surface area contributed by atoms with Gasteiger partial charge in [-0.2, -0.15) is 5.26 Å². The number of benzene rings is 1. The standard InChI is InChI=1S/C18H16N2O3/c1-12(2)23-18(21)17-14-7-6-13(22-10-8-19)11-16(14)20-9-4-3-5-15(17)20/h3-7,9,11-12H,10H2,1-2H3. The molecule has 0 spiro atoms. The molecule has 1 aromatic carbocycles. The lowest BCUT2D eigenvalue weighted by molar-refractivity contribution is 0.0382. The third kappa shape index (κ3) is 2.71. The van der Waals surface area contributed by atoms with Gasteiger partial charge in [0, 0.05) is 17.6 Å². The van der Waals surface area contributed by atoms with Gasteiger partial charge in [0.2, 0.25) is 0 Å². The first-order valence-corrected chi connectivity index (χ1v) is 7.35. The van der Waals surface area contributed by atoms with Crippen LogP contribution in [0.1, 0.15) is 24.2 Å². The monoisotopic (exact) mass is 308 g/mol. The second-order valence-electron chi connectivity index (χ2n) is 5.41. The highest BCUT2D eigenvalue weighted by molar-refractivity contribution is 6.12. The summed E-state index contributed by atoms with van der Waals surface area (Å²) in [5.41, 5.74) is 2.17. The molecule has 0 saturated carbocycles. The Morgan fingerprint density at radius 3 is 2.83 bits per heavy atom. The van der Waals surface area contributed by atoms with Crippen LogP contribution < -0.4 is 4.74 Å². The summed E-state index contributed by atoms with van der Waals surface area (Å²) in [6.45, 7) is 3.63. The lowest BCUT2D eigenvalue weighted by atomic mass is 10.1. The van der Waals surface area contributed by atoms with E-state index in [1.54, 1.807) is 6.07 Å². The average Bonchev–Trinajstić information content (AvgIpc) is 2.86. The predicted molar refractivity (Wildman–Crippen MR) is 86.6 cm³/mol. The molecule has 5 nitrogen and oxygen atoms in total. The van der Waals surface area contributed by atoms with Crippen molar-refractivity contribution in [3.8, 4) is 11.8 Å². The predicted octanol–water partition coefficient (Wildman–Crippen LogP) is 3.56. The van der Waals surface area contributed by atoms with E-state index in [4.69, 9.17) is 14.7 Å². The largest absolute Gasteiger partial charge is 0.479 e. The van der Waals surface area contributed by atoms with E-state index in [0.717, 1.165) is 16.4 Å². The molecular formula is C18H16N2O3. The lowest BCUT2D eigenvalue weighted by Gasteiger charge is -2.07. The Labute approximate surface area is 133 Å². The van der Waals surface area contributed by atoms with Crippen LogP contribution in [0.3, 0.4) is 0 Å². The van der Waals surface area contributed by atoms with E-state index in [0.29, 0.717) is 11.3 Å². The SMILES string of the molecule is CC(C)OC(=O)c1c2ccc(OCC#N)cc2n2ccccc12. The van der Waals surface area contributed by atoms with Crippen LogP contribution in [-0.4, -0.2) is 23.1 Å². The summed E-state index contributed by atoms with van der Waals surface area (Å²) >= 11 is 0. The number of fused-ring (bicyclic) bond motifs is 3. The maximum atomic E-state index is 12.5. The van der Waals surface area contributed by atoms with Crippen molar-refractivity contribution in [2.45, 2.75) is 20.0 Å². The number of carbonyl (C=O) groups excluding carboxylic acids is 1. The molecule has 0 atom stereocenters. The van der Waals surface area contributed by atoms with Crippen LogP contribution in [0.5, 0.6) is 5.75 Å². The number of esters is 1. The zero-order valence-corrected chi connectivity index (χ0v) is 12.9. The highest BCUT2D eigenvalue weighted by atomic mass is 16.5. The van der Waals surface area contributed by atoms with Gasteiger partial charge in [0.15, 0.2) is 6.61 Å². The molecule has 0 aliphatic carbocycles. The van der Waals surface area contributed by atoms with Gasteiger partial charge in [0.05, 0.1) is 22.7 Å². The Balaban J connectivity index is 2.22. The first-order chi connectivity index (χ1) is 11.1. The third-order valence-electron chi connectivity index (χ3n) is 3.46. The van der Waals surface area contributed by atoms with Gasteiger partial charge in [0.1, 0.15) is 11.8 Å². The Morgan fingerprint density at radius 1 is 1.26 bits per heavy atom. The number of hydrogen-bond donors (Lipinski definition) is 0. The lowest BCUT2D eigenvalue weighted by Crippen LogP contribution is -2.11. The fourth-order valence-electron chi connectivity index (χ4n) is 2.61. The Kier molecular flexibility index (Phi) is 3.90. The molecule has 0 saturated heterocycles. The number of aromatic nitrogens is 1. The normalized spacial score (nSPS) is 10.9. The molecule has 0 radical (unpaired) electrons. The molecular weight excluding hydrogens is 292 g/mol. The number of carbonyl (C=O) groups is 1. The van der Waals surface area contributed by atoms with Gasteiger partial charge < -0.3 is 13.9 Å². The number of pyridine rings is 1. The highest BCUT2D eigenvalue weighted by Crippen LogP contribution is 2.30. The highest BCUT2D eigenvalue weighted by Gasteiger charge is 2.20. The molecule has 0 bridgehead atoms. The molecule has 0 aliphatic rings. The van der Waals surface area contributed by atoms with Crippen molar-refractivity contribution < 1.29 is 14.3 Å². The van der Waals surface area contributed by atoms with Crippen LogP contribution in [0.4, 0.5) is 0 Å². The number of hydrogen-bond acceptors (Lipinski definition) is 4. The maximum absolute atomic E-state index is 12.5. The maximum Gasteiger partial charge on any atom is 0.341 e. The number of nitriles is 1. The molecule has 0 fully saturated rings. The summed E-state index contributed by atoms with van der Waals surface area (Å²) in [6.07, 6.45) is 1.70. The molecule has 0 unspecified atom stereocenters. The fourth-order valence-corrected chi connectivity index (χ4v) is 2.61. The summed E-state index contributed by atoms with van der Waals surface area (Å²) in [5, 5.41) is 9.43. The van der Waals surface area contributed by atoms with Gasteiger partial charge in [-0.05, 0) is 38.1 Å². The summed E-state index contributed by atoms with van der Waals surface area (Å²) in [5.74, 6) is 0.246. The minimum absolute atomic E-state index is 0.0168. The number of rotatable bonds is 4. The minimum Gasteiger partial charge on any atom is -0.479 e. The third-order valence-corrected chi connectivity index (χ3v) is 3.46. The zero-order valence-electron chi connectivity index (χ0n) is 12.9. The summed E-state index contributed by atoms with van der Waals surface area (Å²) < 4.78 is 12.7. The van der Waals surface area contributed by atoms with Crippen molar-refractivity contribution in [1.82, 2.24) is 4.40 Å². The van der Waals surface area contributed by atoms with Crippen molar-refractivity contribution in [1.29, 1.82) is 5.26 Å². The average molecular weight is 308 g/mol. The minimum atomic E-state index is -0.343. The second-order valence-corrected chi connectivity index (χ2v) is 5.41. The number of nitrogens with zero attached hydrogens (tertiary/aromatic N) is 2. The molecule has 5 heteroatoms. The van der Waals surface area contributed by atoms with E-state index < -0.39 is 0 Å². The summed E-state index contributed by atoms with van der Waals surface area (Å²) in [4.78, 5) is 12.5. The van der Waals surface area contributed by atoms with Crippen LogP contribution in [0.25, 0.3) is 16.4 Å². The van der Waals surface area contributed by atoms with Gasteiger partial charge >= 0.3 is 5.97 Å². The van der Waals surface area contributed by atoms with Crippen LogP contribution in [0.15, 0.2) is 42.6 Å². The fraction of sp³-hybridized carbons (Fsp3) is 0.222. The van der Waals surface area contributed by atoms with E-state index in [-0.39, 0.29) is 18.7 Å². The van der Waals surface area contributed by atoms with E-state index in [1.165, 1.54) is 0 Å².